The molecule has 1 saturated heterocycles. The van der Waals surface area contributed by atoms with Crippen LogP contribution in [0.1, 0.15) is 23.2 Å². The minimum absolute atomic E-state index is 0.0612. The summed E-state index contributed by atoms with van der Waals surface area (Å²) in [6.07, 6.45) is 0. The third kappa shape index (κ3) is 4.06. The molecule has 1 fully saturated rings. The molecular formula is C21H22Cl2N4O2. The Bertz CT molecular complexity index is 1040. The average Bonchev–Trinajstić information content (AvgIpc) is 3.36. The van der Waals surface area contributed by atoms with Crippen molar-refractivity contribution in [1.82, 2.24) is 19.6 Å². The number of hydrogen-bond donors (Lipinski definition) is 0. The molecule has 0 bridgehead atoms. The van der Waals surface area contributed by atoms with Crippen LogP contribution in [0, 0.1) is 6.92 Å². The number of aryl methyl sites for hydroxylation is 1. The minimum atomic E-state index is -0.0612. The number of benzene rings is 1. The highest BCUT2D eigenvalue weighted by atomic mass is 35.5. The smallest absolute Gasteiger partial charge is 0.272 e. The van der Waals surface area contributed by atoms with E-state index in [-0.39, 0.29) is 5.91 Å². The van der Waals surface area contributed by atoms with E-state index in [4.69, 9.17) is 27.6 Å². The standard InChI is InChI=1S/C21H22Cl2N4O2/c1-3-25-8-10-26(11-9-25)21(28)19-13-18(20-7-4-14(2)29-20)24-27(19)15-5-6-16(22)17(23)12-15/h4-7,12-13H,3,8-11H2,1-2H3. The molecule has 6 nitrogen and oxygen atoms in total. The molecular weight excluding hydrogens is 411 g/mol. The number of piperazine rings is 1. The van der Waals surface area contributed by atoms with Crippen LogP contribution in [-0.4, -0.2) is 58.2 Å². The predicted molar refractivity (Wildman–Crippen MR) is 114 cm³/mol. The second-order valence-corrected chi connectivity index (χ2v) is 7.88. The van der Waals surface area contributed by atoms with Crippen molar-refractivity contribution in [2.75, 3.05) is 32.7 Å². The van der Waals surface area contributed by atoms with Crippen LogP contribution in [0.15, 0.2) is 40.8 Å². The number of aromatic nitrogens is 2. The Morgan fingerprint density at radius 3 is 2.45 bits per heavy atom. The largest absolute Gasteiger partial charge is 0.460 e. The Labute approximate surface area is 179 Å². The van der Waals surface area contributed by atoms with E-state index in [0.29, 0.717) is 46.0 Å². The van der Waals surface area contributed by atoms with Crippen LogP contribution < -0.4 is 0 Å². The van der Waals surface area contributed by atoms with Crippen LogP contribution >= 0.6 is 23.2 Å². The Balaban J connectivity index is 1.73. The molecule has 0 radical (unpaired) electrons. The van der Waals surface area contributed by atoms with E-state index >= 15 is 0 Å². The lowest BCUT2D eigenvalue weighted by molar-refractivity contribution is 0.0634. The quantitative estimate of drug-likeness (QED) is 0.607. The number of amides is 1. The topological polar surface area (TPSA) is 54.5 Å². The van der Waals surface area contributed by atoms with E-state index in [0.717, 1.165) is 25.4 Å². The summed E-state index contributed by atoms with van der Waals surface area (Å²) in [6.45, 7) is 8.11. The SMILES string of the molecule is CCN1CCN(C(=O)c2cc(-c3ccc(C)o3)nn2-c2ccc(Cl)c(Cl)c2)CC1. The number of halogens is 2. The summed E-state index contributed by atoms with van der Waals surface area (Å²) < 4.78 is 7.33. The molecule has 4 rings (SSSR count). The molecule has 3 aromatic rings. The van der Waals surface area contributed by atoms with Gasteiger partial charge in [0.05, 0.1) is 15.7 Å². The first-order valence-corrected chi connectivity index (χ1v) is 10.4. The highest BCUT2D eigenvalue weighted by molar-refractivity contribution is 6.42. The third-order valence-corrected chi connectivity index (χ3v) is 5.91. The molecule has 0 saturated carbocycles. The first kappa shape index (κ1) is 20.0. The maximum Gasteiger partial charge on any atom is 0.272 e. The van der Waals surface area contributed by atoms with E-state index < -0.39 is 0 Å². The van der Waals surface area contributed by atoms with Crippen molar-refractivity contribution in [3.05, 3.63) is 57.9 Å². The number of carbonyl (C=O) groups is 1. The summed E-state index contributed by atoms with van der Waals surface area (Å²) in [4.78, 5) is 17.5. The molecule has 1 aliphatic rings. The Morgan fingerprint density at radius 2 is 1.83 bits per heavy atom. The van der Waals surface area contributed by atoms with Crippen molar-refractivity contribution in [2.45, 2.75) is 13.8 Å². The summed E-state index contributed by atoms with van der Waals surface area (Å²) in [5.74, 6) is 1.34. The van der Waals surface area contributed by atoms with Gasteiger partial charge in [-0.25, -0.2) is 4.68 Å². The molecule has 1 aliphatic heterocycles. The zero-order valence-electron chi connectivity index (χ0n) is 16.4. The van der Waals surface area contributed by atoms with Gasteiger partial charge in [0.2, 0.25) is 0 Å². The van der Waals surface area contributed by atoms with Crippen molar-refractivity contribution in [3.8, 4) is 17.1 Å². The fourth-order valence-corrected chi connectivity index (χ4v) is 3.76. The second kappa shape index (κ2) is 8.22. The Kier molecular flexibility index (Phi) is 5.67. The van der Waals surface area contributed by atoms with Crippen LogP contribution in [0.4, 0.5) is 0 Å². The Morgan fingerprint density at radius 1 is 1.07 bits per heavy atom. The van der Waals surface area contributed by atoms with Gasteiger partial charge < -0.3 is 14.2 Å². The number of furan rings is 1. The number of carbonyl (C=O) groups excluding carboxylic acids is 1. The molecule has 29 heavy (non-hydrogen) atoms. The van der Waals surface area contributed by atoms with Crippen molar-refractivity contribution >= 4 is 29.1 Å². The molecule has 3 heterocycles. The monoisotopic (exact) mass is 432 g/mol. The van der Waals surface area contributed by atoms with E-state index in [1.165, 1.54) is 0 Å². The van der Waals surface area contributed by atoms with Crippen molar-refractivity contribution < 1.29 is 9.21 Å². The second-order valence-electron chi connectivity index (χ2n) is 7.06. The molecule has 8 heteroatoms. The van der Waals surface area contributed by atoms with E-state index in [1.54, 1.807) is 28.9 Å². The molecule has 1 amide bonds. The van der Waals surface area contributed by atoms with Gasteiger partial charge in [0, 0.05) is 32.2 Å². The highest BCUT2D eigenvalue weighted by Gasteiger charge is 2.26. The van der Waals surface area contributed by atoms with Gasteiger partial charge in [-0.3, -0.25) is 4.79 Å². The number of hydrogen-bond acceptors (Lipinski definition) is 4. The van der Waals surface area contributed by atoms with Gasteiger partial charge in [-0.15, -0.1) is 0 Å². The Hall–Kier alpha value is -2.28. The summed E-state index contributed by atoms with van der Waals surface area (Å²) >= 11 is 12.3. The zero-order valence-corrected chi connectivity index (χ0v) is 17.9. The molecule has 0 aliphatic carbocycles. The summed E-state index contributed by atoms with van der Waals surface area (Å²) in [5.41, 5.74) is 1.74. The van der Waals surface area contributed by atoms with Gasteiger partial charge in [-0.1, -0.05) is 30.1 Å². The number of nitrogens with zero attached hydrogens (tertiary/aromatic N) is 4. The average molecular weight is 433 g/mol. The van der Waals surface area contributed by atoms with Gasteiger partial charge in [-0.2, -0.15) is 5.10 Å². The lowest BCUT2D eigenvalue weighted by Gasteiger charge is -2.34. The first-order valence-electron chi connectivity index (χ1n) is 9.60. The van der Waals surface area contributed by atoms with Gasteiger partial charge >= 0.3 is 0 Å². The normalized spacial score (nSPS) is 15.1. The number of likely N-dealkylation sites (N-methyl/N-ethyl adjacent to an activating group) is 1. The van der Waals surface area contributed by atoms with Gasteiger partial charge in [0.25, 0.3) is 5.91 Å². The van der Waals surface area contributed by atoms with Crippen molar-refractivity contribution in [3.63, 3.8) is 0 Å². The fourth-order valence-electron chi connectivity index (χ4n) is 3.47. The molecule has 2 aromatic heterocycles. The summed E-state index contributed by atoms with van der Waals surface area (Å²) in [5, 5.41) is 5.50. The molecule has 0 N–H and O–H groups in total. The minimum Gasteiger partial charge on any atom is -0.460 e. The van der Waals surface area contributed by atoms with Crippen LogP contribution in [0.3, 0.4) is 0 Å². The van der Waals surface area contributed by atoms with E-state index in [1.807, 2.05) is 24.0 Å². The molecule has 1 aromatic carbocycles. The van der Waals surface area contributed by atoms with Crippen molar-refractivity contribution in [1.29, 1.82) is 0 Å². The predicted octanol–water partition coefficient (Wildman–Crippen LogP) is 4.53. The van der Waals surface area contributed by atoms with Gasteiger partial charge in [-0.05, 0) is 43.8 Å². The van der Waals surface area contributed by atoms with Crippen LogP contribution in [-0.2, 0) is 0 Å². The maximum absolute atomic E-state index is 13.3. The first-order chi connectivity index (χ1) is 14.0. The zero-order chi connectivity index (χ0) is 20.5. The van der Waals surface area contributed by atoms with Crippen LogP contribution in [0.25, 0.3) is 17.1 Å². The van der Waals surface area contributed by atoms with Gasteiger partial charge in [0.15, 0.2) is 5.76 Å². The van der Waals surface area contributed by atoms with E-state index in [9.17, 15) is 4.79 Å². The number of rotatable bonds is 4. The summed E-state index contributed by atoms with van der Waals surface area (Å²) in [7, 11) is 0. The van der Waals surface area contributed by atoms with Crippen LogP contribution in [0.2, 0.25) is 10.0 Å². The summed E-state index contributed by atoms with van der Waals surface area (Å²) in [6, 6.07) is 10.7. The van der Waals surface area contributed by atoms with Crippen molar-refractivity contribution in [2.24, 2.45) is 0 Å². The molecule has 0 unspecified atom stereocenters. The molecule has 0 spiro atoms. The molecule has 0 atom stereocenters. The maximum atomic E-state index is 13.3. The van der Waals surface area contributed by atoms with E-state index in [2.05, 4.69) is 16.9 Å². The third-order valence-electron chi connectivity index (χ3n) is 5.18. The lowest BCUT2D eigenvalue weighted by atomic mass is 10.2. The fraction of sp³-hybridized carbons (Fsp3) is 0.333. The lowest BCUT2D eigenvalue weighted by Crippen LogP contribution is -2.48. The van der Waals surface area contributed by atoms with Crippen LogP contribution in [0.5, 0.6) is 0 Å². The van der Waals surface area contributed by atoms with Gasteiger partial charge in [0.1, 0.15) is 17.1 Å². The highest BCUT2D eigenvalue weighted by Crippen LogP contribution is 2.28. The molecule has 152 valence electrons.